The maximum Gasteiger partial charge on any atom is 0.126 e. The summed E-state index contributed by atoms with van der Waals surface area (Å²) in [5, 5.41) is 0. The van der Waals surface area contributed by atoms with Gasteiger partial charge < -0.3 is 4.74 Å². The second-order valence-corrected chi connectivity index (χ2v) is 5.30. The van der Waals surface area contributed by atoms with Gasteiger partial charge in [0.05, 0.1) is 7.11 Å². The van der Waals surface area contributed by atoms with Crippen molar-refractivity contribution in [2.75, 3.05) is 7.11 Å². The van der Waals surface area contributed by atoms with Crippen LogP contribution in [-0.4, -0.2) is 7.11 Å². The van der Waals surface area contributed by atoms with Crippen LogP contribution in [0.3, 0.4) is 0 Å². The molecule has 0 atom stereocenters. The van der Waals surface area contributed by atoms with Crippen molar-refractivity contribution in [2.24, 2.45) is 0 Å². The summed E-state index contributed by atoms with van der Waals surface area (Å²) in [5.41, 5.74) is 7.51. The summed E-state index contributed by atoms with van der Waals surface area (Å²) in [4.78, 5) is 0. The summed E-state index contributed by atoms with van der Waals surface area (Å²) >= 11 is 0. The highest BCUT2D eigenvalue weighted by molar-refractivity contribution is 5.80. The fraction of sp³-hybridized carbons (Fsp3) is 0.100. The Kier molecular flexibility index (Phi) is 2.78. The second kappa shape index (κ2) is 4.78. The Hall–Kier alpha value is -2.54. The van der Waals surface area contributed by atoms with Crippen LogP contribution in [-0.2, 0) is 6.42 Å². The van der Waals surface area contributed by atoms with Gasteiger partial charge in [-0.3, -0.25) is 0 Å². The van der Waals surface area contributed by atoms with Crippen molar-refractivity contribution in [3.05, 3.63) is 77.9 Å². The van der Waals surface area contributed by atoms with Gasteiger partial charge in [-0.15, -0.1) is 0 Å². The Balaban J connectivity index is 1.83. The third-order valence-corrected chi connectivity index (χ3v) is 4.10. The molecule has 1 heteroatoms. The minimum absolute atomic E-state index is 0.893. The van der Waals surface area contributed by atoms with E-state index < -0.39 is 0 Å². The van der Waals surface area contributed by atoms with Crippen LogP contribution in [0.15, 0.2) is 60.7 Å². The molecule has 21 heavy (non-hydrogen) atoms. The van der Waals surface area contributed by atoms with E-state index in [2.05, 4.69) is 48.5 Å². The van der Waals surface area contributed by atoms with Crippen molar-refractivity contribution in [3.8, 4) is 28.0 Å². The third kappa shape index (κ3) is 1.93. The van der Waals surface area contributed by atoms with E-state index in [4.69, 9.17) is 4.74 Å². The standard InChI is InChI=1S/C20H15O/c1-21-20-9-5-4-8-19(20)15-10-11-18-16(13-15)12-14-6-2-3-7-17(14)18/h2-11H,12H2,1H3. The number of methoxy groups -OCH3 is 1. The maximum absolute atomic E-state index is 5.46. The van der Waals surface area contributed by atoms with E-state index in [0.29, 0.717) is 0 Å². The van der Waals surface area contributed by atoms with Gasteiger partial charge in [-0.1, -0.05) is 54.6 Å². The van der Waals surface area contributed by atoms with E-state index in [1.54, 1.807) is 7.11 Å². The lowest BCUT2D eigenvalue weighted by Crippen LogP contribution is -1.89. The molecule has 0 spiro atoms. The zero-order valence-electron chi connectivity index (χ0n) is 11.9. The van der Waals surface area contributed by atoms with E-state index in [1.807, 2.05) is 18.2 Å². The van der Waals surface area contributed by atoms with Gasteiger partial charge in [0.25, 0.3) is 0 Å². The number of fused-ring (bicyclic) bond motifs is 3. The predicted molar refractivity (Wildman–Crippen MR) is 85.5 cm³/mol. The molecule has 0 bridgehead atoms. The van der Waals surface area contributed by atoms with Crippen LogP contribution >= 0.6 is 0 Å². The number of rotatable bonds is 2. The molecule has 0 saturated carbocycles. The number of hydrogen-bond donors (Lipinski definition) is 0. The van der Waals surface area contributed by atoms with Gasteiger partial charge in [-0.05, 0) is 46.4 Å². The minimum atomic E-state index is 0.893. The van der Waals surface area contributed by atoms with E-state index in [9.17, 15) is 0 Å². The molecule has 1 aliphatic rings. The minimum Gasteiger partial charge on any atom is -0.496 e. The van der Waals surface area contributed by atoms with E-state index in [-0.39, 0.29) is 0 Å². The van der Waals surface area contributed by atoms with Crippen molar-refractivity contribution in [1.82, 2.24) is 0 Å². The first kappa shape index (κ1) is 12.2. The SMILES string of the molecule is COc1ccccc1-c1[c]c2c(cc1)-c1ccccc1C2. The first-order valence-corrected chi connectivity index (χ1v) is 7.13. The lowest BCUT2D eigenvalue weighted by Gasteiger charge is -2.09. The molecule has 3 aromatic rings. The van der Waals surface area contributed by atoms with Gasteiger partial charge in [0, 0.05) is 5.56 Å². The number of benzene rings is 3. The summed E-state index contributed by atoms with van der Waals surface area (Å²) in [5.74, 6) is 0.893. The molecule has 0 amide bonds. The smallest absolute Gasteiger partial charge is 0.126 e. The fourth-order valence-electron chi connectivity index (χ4n) is 3.08. The van der Waals surface area contributed by atoms with Crippen LogP contribution < -0.4 is 4.74 Å². The first-order chi connectivity index (χ1) is 10.4. The molecule has 0 aromatic heterocycles. The summed E-state index contributed by atoms with van der Waals surface area (Å²) in [7, 11) is 1.71. The highest BCUT2D eigenvalue weighted by Crippen LogP contribution is 2.39. The molecule has 0 aliphatic heterocycles. The van der Waals surface area contributed by atoms with Crippen LogP contribution in [0.5, 0.6) is 5.75 Å². The molecule has 101 valence electrons. The summed E-state index contributed by atoms with van der Waals surface area (Å²) < 4.78 is 5.46. The summed E-state index contributed by atoms with van der Waals surface area (Å²) in [6.45, 7) is 0. The lowest BCUT2D eigenvalue weighted by molar-refractivity contribution is 0.416. The van der Waals surface area contributed by atoms with E-state index >= 15 is 0 Å². The molecule has 0 saturated heterocycles. The predicted octanol–water partition coefficient (Wildman–Crippen LogP) is 4.73. The van der Waals surface area contributed by atoms with Crippen molar-refractivity contribution in [1.29, 1.82) is 0 Å². The van der Waals surface area contributed by atoms with E-state index in [0.717, 1.165) is 23.3 Å². The Morgan fingerprint density at radius 2 is 1.57 bits per heavy atom. The summed E-state index contributed by atoms with van der Waals surface area (Å²) in [6, 6.07) is 24.6. The van der Waals surface area contributed by atoms with Crippen molar-refractivity contribution in [2.45, 2.75) is 6.42 Å². The largest absolute Gasteiger partial charge is 0.496 e. The average Bonchev–Trinajstić information content (AvgIpc) is 2.92. The summed E-state index contributed by atoms with van der Waals surface area (Å²) in [6.07, 6.45) is 0.967. The fourth-order valence-corrected chi connectivity index (χ4v) is 3.08. The van der Waals surface area contributed by atoms with Gasteiger partial charge in [-0.25, -0.2) is 0 Å². The molecule has 1 aliphatic carbocycles. The molecule has 1 radical (unpaired) electrons. The second-order valence-electron chi connectivity index (χ2n) is 5.30. The van der Waals surface area contributed by atoms with Gasteiger partial charge in [0.15, 0.2) is 0 Å². The molecule has 0 fully saturated rings. The Bertz CT molecular complexity index is 818. The molecule has 0 heterocycles. The first-order valence-electron chi connectivity index (χ1n) is 7.13. The Labute approximate surface area is 124 Å². The maximum atomic E-state index is 5.46. The van der Waals surface area contributed by atoms with Crippen LogP contribution in [0.1, 0.15) is 11.1 Å². The monoisotopic (exact) mass is 271 g/mol. The van der Waals surface area contributed by atoms with Crippen molar-refractivity contribution >= 4 is 0 Å². The molecule has 1 nitrogen and oxygen atoms in total. The van der Waals surface area contributed by atoms with E-state index in [1.165, 1.54) is 22.3 Å². The average molecular weight is 271 g/mol. The lowest BCUT2D eigenvalue weighted by atomic mass is 9.98. The van der Waals surface area contributed by atoms with Crippen LogP contribution in [0.2, 0.25) is 0 Å². The Morgan fingerprint density at radius 1 is 0.810 bits per heavy atom. The molecule has 0 unspecified atom stereocenters. The molecular weight excluding hydrogens is 256 g/mol. The highest BCUT2D eigenvalue weighted by Gasteiger charge is 2.19. The topological polar surface area (TPSA) is 9.23 Å². The quantitative estimate of drug-likeness (QED) is 0.512. The number of ether oxygens (including phenoxy) is 1. The van der Waals surface area contributed by atoms with Crippen LogP contribution in [0.25, 0.3) is 22.3 Å². The van der Waals surface area contributed by atoms with Gasteiger partial charge in [0.2, 0.25) is 0 Å². The molecule has 0 N–H and O–H groups in total. The normalized spacial score (nSPS) is 11.9. The highest BCUT2D eigenvalue weighted by atomic mass is 16.5. The van der Waals surface area contributed by atoms with Crippen LogP contribution in [0, 0.1) is 6.07 Å². The molecular formula is C20H15O. The van der Waals surface area contributed by atoms with Gasteiger partial charge in [-0.2, -0.15) is 0 Å². The third-order valence-electron chi connectivity index (χ3n) is 4.10. The number of para-hydroxylation sites is 1. The number of hydrogen-bond acceptors (Lipinski definition) is 1. The zero-order valence-corrected chi connectivity index (χ0v) is 11.9. The zero-order chi connectivity index (χ0) is 14.2. The Morgan fingerprint density at radius 3 is 2.43 bits per heavy atom. The molecule has 4 rings (SSSR count). The van der Waals surface area contributed by atoms with Gasteiger partial charge in [0.1, 0.15) is 5.75 Å². The van der Waals surface area contributed by atoms with Crippen molar-refractivity contribution in [3.63, 3.8) is 0 Å². The van der Waals surface area contributed by atoms with Crippen molar-refractivity contribution < 1.29 is 4.74 Å². The van der Waals surface area contributed by atoms with Gasteiger partial charge >= 0.3 is 0 Å². The van der Waals surface area contributed by atoms with Crippen LogP contribution in [0.4, 0.5) is 0 Å². The molecule has 3 aromatic carbocycles.